The molecule has 1 aliphatic rings. The molecule has 10 nitrogen and oxygen atoms in total. The predicted octanol–water partition coefficient (Wildman–Crippen LogP) is 4.05. The summed E-state index contributed by atoms with van der Waals surface area (Å²) >= 11 is 0. The minimum Gasteiger partial charge on any atom is -0.342 e. The molecule has 0 bridgehead atoms. The summed E-state index contributed by atoms with van der Waals surface area (Å²) in [5, 5.41) is 22.6. The summed E-state index contributed by atoms with van der Waals surface area (Å²) in [4.78, 5) is 29.9. The van der Waals surface area contributed by atoms with E-state index in [2.05, 4.69) is 15.8 Å². The van der Waals surface area contributed by atoms with Crippen molar-refractivity contribution in [1.29, 1.82) is 0 Å². The third-order valence-corrected chi connectivity index (χ3v) is 5.72. The van der Waals surface area contributed by atoms with Crippen molar-refractivity contribution in [1.82, 2.24) is 20.8 Å². The van der Waals surface area contributed by atoms with Crippen LogP contribution in [-0.2, 0) is 0 Å². The van der Waals surface area contributed by atoms with E-state index in [-0.39, 0.29) is 29.4 Å². The van der Waals surface area contributed by atoms with Gasteiger partial charge >= 0.3 is 0 Å². The highest BCUT2D eigenvalue weighted by Crippen LogP contribution is 2.44. The molecule has 2 heterocycles. The highest BCUT2D eigenvalue weighted by molar-refractivity contribution is 5.75. The standard InChI is InChI=1S/C22H18N6O4/c29-27(30)15-7-3-5-13(11-15)20-19(22-23-17-9-1-2-10-18(17)24-22)21(26-25-20)14-6-4-8-16(12-14)28(31)32/h1-12,19-21,25-26H,(H,23,24). The van der Waals surface area contributed by atoms with Crippen LogP contribution in [0.2, 0.25) is 0 Å². The first-order chi connectivity index (χ1) is 15.5. The number of H-pyrrole nitrogens is 1. The second kappa shape index (κ2) is 7.84. The molecule has 0 radical (unpaired) electrons. The second-order valence-corrected chi connectivity index (χ2v) is 7.61. The Hall–Kier alpha value is -4.15. The molecule has 32 heavy (non-hydrogen) atoms. The molecule has 3 aromatic carbocycles. The zero-order valence-corrected chi connectivity index (χ0v) is 16.6. The van der Waals surface area contributed by atoms with Crippen LogP contribution in [0, 0.1) is 20.2 Å². The van der Waals surface area contributed by atoms with Gasteiger partial charge in [0.2, 0.25) is 0 Å². The van der Waals surface area contributed by atoms with Crippen molar-refractivity contribution < 1.29 is 9.85 Å². The fourth-order valence-corrected chi connectivity index (χ4v) is 4.24. The number of aromatic nitrogens is 2. The normalized spacial score (nSPS) is 20.4. The average molecular weight is 430 g/mol. The van der Waals surface area contributed by atoms with E-state index in [1.807, 2.05) is 36.4 Å². The lowest BCUT2D eigenvalue weighted by atomic mass is 9.85. The number of hydrogen-bond acceptors (Lipinski definition) is 7. The molecule has 5 rings (SSSR count). The number of non-ortho nitro benzene ring substituents is 2. The molecule has 160 valence electrons. The van der Waals surface area contributed by atoms with Crippen LogP contribution in [0.25, 0.3) is 11.0 Å². The first-order valence-corrected chi connectivity index (χ1v) is 9.95. The summed E-state index contributed by atoms with van der Waals surface area (Å²) in [6, 6.07) is 19.8. The van der Waals surface area contributed by atoms with Crippen molar-refractivity contribution in [2.75, 3.05) is 0 Å². The minimum absolute atomic E-state index is 0.00791. The van der Waals surface area contributed by atoms with Crippen LogP contribution in [0.4, 0.5) is 11.4 Å². The predicted molar refractivity (Wildman–Crippen MR) is 117 cm³/mol. The van der Waals surface area contributed by atoms with Gasteiger partial charge in [-0.15, -0.1) is 0 Å². The number of nitrogens with one attached hydrogen (secondary N) is 3. The zero-order chi connectivity index (χ0) is 22.2. The van der Waals surface area contributed by atoms with Gasteiger partial charge in [-0.3, -0.25) is 20.2 Å². The Morgan fingerprint density at radius 2 is 1.31 bits per heavy atom. The highest BCUT2D eigenvalue weighted by Gasteiger charge is 2.41. The number of benzene rings is 3. The molecular weight excluding hydrogens is 412 g/mol. The number of hydrogen-bond donors (Lipinski definition) is 3. The molecule has 1 saturated heterocycles. The van der Waals surface area contributed by atoms with E-state index in [9.17, 15) is 20.2 Å². The van der Waals surface area contributed by atoms with E-state index >= 15 is 0 Å². The summed E-state index contributed by atoms with van der Waals surface area (Å²) in [6.45, 7) is 0. The number of hydrazine groups is 1. The number of rotatable bonds is 5. The van der Waals surface area contributed by atoms with Gasteiger partial charge in [0.05, 0.1) is 38.9 Å². The van der Waals surface area contributed by atoms with Crippen LogP contribution in [0.5, 0.6) is 0 Å². The van der Waals surface area contributed by atoms with Crippen molar-refractivity contribution in [2.24, 2.45) is 0 Å². The largest absolute Gasteiger partial charge is 0.342 e. The number of aromatic amines is 1. The van der Waals surface area contributed by atoms with E-state index in [1.54, 1.807) is 12.1 Å². The third-order valence-electron chi connectivity index (χ3n) is 5.72. The topological polar surface area (TPSA) is 139 Å². The van der Waals surface area contributed by atoms with Gasteiger partial charge in [0.15, 0.2) is 0 Å². The Bertz CT molecular complexity index is 1240. The number of nitro groups is 2. The average Bonchev–Trinajstić information content (AvgIpc) is 3.43. The van der Waals surface area contributed by atoms with E-state index in [0.29, 0.717) is 17.0 Å². The van der Waals surface area contributed by atoms with Gasteiger partial charge in [-0.1, -0.05) is 36.4 Å². The maximum atomic E-state index is 11.3. The van der Waals surface area contributed by atoms with Gasteiger partial charge in [0.1, 0.15) is 5.82 Å². The van der Waals surface area contributed by atoms with Crippen molar-refractivity contribution >= 4 is 22.4 Å². The Kier molecular flexibility index (Phi) is 4.85. The second-order valence-electron chi connectivity index (χ2n) is 7.61. The lowest BCUT2D eigenvalue weighted by molar-refractivity contribution is -0.385. The maximum absolute atomic E-state index is 11.3. The summed E-state index contributed by atoms with van der Waals surface area (Å²) in [6.07, 6.45) is 0. The summed E-state index contributed by atoms with van der Waals surface area (Å²) < 4.78 is 0. The lowest BCUT2D eigenvalue weighted by Gasteiger charge is -2.21. The first-order valence-electron chi connectivity index (χ1n) is 9.95. The van der Waals surface area contributed by atoms with Crippen molar-refractivity contribution in [3.8, 4) is 0 Å². The molecule has 3 N–H and O–H groups in total. The Morgan fingerprint density at radius 3 is 1.84 bits per heavy atom. The van der Waals surface area contributed by atoms with Gasteiger partial charge in [0, 0.05) is 24.3 Å². The molecule has 0 spiro atoms. The summed E-state index contributed by atoms with van der Waals surface area (Å²) in [5.74, 6) is 0.364. The first kappa shape index (κ1) is 19.8. The van der Waals surface area contributed by atoms with Crippen LogP contribution in [-0.4, -0.2) is 19.8 Å². The number of imidazole rings is 1. The molecule has 1 fully saturated rings. The van der Waals surface area contributed by atoms with Gasteiger partial charge < -0.3 is 4.98 Å². The monoisotopic (exact) mass is 430 g/mol. The van der Waals surface area contributed by atoms with Crippen LogP contribution in [0.3, 0.4) is 0 Å². The van der Waals surface area contributed by atoms with Gasteiger partial charge in [-0.05, 0) is 23.3 Å². The van der Waals surface area contributed by atoms with Crippen molar-refractivity contribution in [2.45, 2.75) is 18.0 Å². The van der Waals surface area contributed by atoms with Crippen LogP contribution >= 0.6 is 0 Å². The molecular formula is C22H18N6O4. The Balaban J connectivity index is 1.63. The van der Waals surface area contributed by atoms with Crippen molar-refractivity contribution in [3.63, 3.8) is 0 Å². The molecule has 0 aliphatic carbocycles. The van der Waals surface area contributed by atoms with Gasteiger partial charge in [-0.2, -0.15) is 0 Å². The molecule has 1 aliphatic heterocycles. The van der Waals surface area contributed by atoms with Crippen molar-refractivity contribution in [3.05, 3.63) is 110 Å². The van der Waals surface area contributed by atoms with Crippen LogP contribution in [0.15, 0.2) is 72.8 Å². The van der Waals surface area contributed by atoms with E-state index < -0.39 is 9.85 Å². The summed E-state index contributed by atoms with van der Waals surface area (Å²) in [5.41, 5.74) is 9.53. The fourth-order valence-electron chi connectivity index (χ4n) is 4.24. The van der Waals surface area contributed by atoms with Crippen LogP contribution in [0.1, 0.15) is 35.0 Å². The molecule has 1 aromatic heterocycles. The van der Waals surface area contributed by atoms with E-state index in [4.69, 9.17) is 4.98 Å². The molecule has 2 atom stereocenters. The number of nitrogens with zero attached hydrogens (tertiary/aromatic N) is 3. The summed E-state index contributed by atoms with van der Waals surface area (Å²) in [7, 11) is 0. The van der Waals surface area contributed by atoms with Gasteiger partial charge in [-0.25, -0.2) is 15.8 Å². The lowest BCUT2D eigenvalue weighted by Crippen LogP contribution is -2.26. The molecule has 0 amide bonds. The quantitative estimate of drug-likeness (QED) is 0.320. The molecule has 0 saturated carbocycles. The number of para-hydroxylation sites is 2. The van der Waals surface area contributed by atoms with E-state index in [1.165, 1.54) is 24.3 Å². The smallest absolute Gasteiger partial charge is 0.269 e. The van der Waals surface area contributed by atoms with E-state index in [0.717, 1.165) is 11.0 Å². The number of fused-ring (bicyclic) bond motifs is 1. The molecule has 4 aromatic rings. The molecule has 10 heteroatoms. The highest BCUT2D eigenvalue weighted by atomic mass is 16.6. The fraction of sp³-hybridized carbons (Fsp3) is 0.136. The van der Waals surface area contributed by atoms with Gasteiger partial charge in [0.25, 0.3) is 11.4 Å². The Labute approximate surface area is 181 Å². The zero-order valence-electron chi connectivity index (χ0n) is 16.6. The number of nitro benzene ring substituents is 2. The molecule has 2 unspecified atom stereocenters. The van der Waals surface area contributed by atoms with Crippen LogP contribution < -0.4 is 10.9 Å². The third kappa shape index (κ3) is 3.47. The Morgan fingerprint density at radius 1 is 0.750 bits per heavy atom. The SMILES string of the molecule is O=[N+]([O-])c1cccc(C2NNC(c3cccc([N+](=O)[O-])c3)C2c2nc3ccccc3[nH]2)c1. The minimum atomic E-state index is -0.430. The maximum Gasteiger partial charge on any atom is 0.269 e.